The largest absolute Gasteiger partial charge is 0.486 e. The second kappa shape index (κ2) is 10.0. The van der Waals surface area contributed by atoms with Gasteiger partial charge in [-0.3, -0.25) is 4.79 Å². The molecule has 0 N–H and O–H groups in total. The van der Waals surface area contributed by atoms with Crippen molar-refractivity contribution in [3.63, 3.8) is 0 Å². The highest BCUT2D eigenvalue weighted by atomic mass is 79.9. The molecule has 0 saturated heterocycles. The van der Waals surface area contributed by atoms with Crippen molar-refractivity contribution in [3.8, 4) is 5.75 Å². The Balaban J connectivity index is 1.65. The number of amides is 1. The first-order chi connectivity index (χ1) is 13.9. The number of rotatable bonds is 8. The lowest BCUT2D eigenvalue weighted by Crippen LogP contribution is -2.31. The third kappa shape index (κ3) is 6.15. The second-order valence-corrected chi connectivity index (χ2v) is 8.94. The number of halogens is 1. The first kappa shape index (κ1) is 21.5. The van der Waals surface area contributed by atoms with E-state index < -0.39 is 0 Å². The van der Waals surface area contributed by atoms with Crippen molar-refractivity contribution in [2.75, 3.05) is 6.54 Å². The van der Waals surface area contributed by atoms with Gasteiger partial charge in [0, 0.05) is 22.0 Å². The molecule has 0 atom stereocenters. The Morgan fingerprint density at radius 1 is 1.17 bits per heavy atom. The number of hydrogen-bond acceptors (Lipinski definition) is 4. The minimum absolute atomic E-state index is 0.0224. The van der Waals surface area contributed by atoms with Gasteiger partial charge >= 0.3 is 0 Å². The molecule has 0 fully saturated rings. The van der Waals surface area contributed by atoms with E-state index in [0.29, 0.717) is 25.3 Å². The van der Waals surface area contributed by atoms with Crippen molar-refractivity contribution in [1.82, 2.24) is 9.88 Å². The first-order valence-corrected chi connectivity index (χ1v) is 11.3. The number of carbonyl (C=O) groups excluding carboxylic acids is 1. The molecule has 0 unspecified atom stereocenters. The van der Waals surface area contributed by atoms with Crippen LogP contribution in [0.15, 0.2) is 52.3 Å². The molecule has 0 spiro atoms. The van der Waals surface area contributed by atoms with E-state index in [9.17, 15) is 4.79 Å². The maximum absolute atomic E-state index is 12.9. The normalized spacial score (nSPS) is 10.8. The van der Waals surface area contributed by atoms with Crippen molar-refractivity contribution >= 4 is 33.2 Å². The molecule has 1 heterocycles. The minimum atomic E-state index is 0.0224. The number of aryl methyl sites for hydroxylation is 2. The highest BCUT2D eigenvalue weighted by molar-refractivity contribution is 9.10. The number of aromatic nitrogens is 1. The van der Waals surface area contributed by atoms with Crippen LogP contribution in [0.25, 0.3) is 0 Å². The molecule has 6 heteroatoms. The maximum atomic E-state index is 12.9. The molecular weight excluding hydrogens is 448 g/mol. The van der Waals surface area contributed by atoms with Gasteiger partial charge in [-0.25, -0.2) is 4.98 Å². The molecular formula is C23H25BrN2O2S. The Hall–Kier alpha value is -2.18. The second-order valence-electron chi connectivity index (χ2n) is 7.08. The quantitative estimate of drug-likeness (QED) is 0.394. The molecule has 0 aliphatic carbocycles. The van der Waals surface area contributed by atoms with Gasteiger partial charge in [-0.2, -0.15) is 0 Å². The number of ether oxygens (including phenoxy) is 1. The summed E-state index contributed by atoms with van der Waals surface area (Å²) in [6.45, 7) is 7.82. The van der Waals surface area contributed by atoms with Crippen molar-refractivity contribution in [3.05, 3.63) is 79.7 Å². The smallest absolute Gasteiger partial charge is 0.254 e. The van der Waals surface area contributed by atoms with Crippen LogP contribution < -0.4 is 4.74 Å². The topological polar surface area (TPSA) is 42.4 Å². The van der Waals surface area contributed by atoms with E-state index in [-0.39, 0.29) is 5.91 Å². The summed E-state index contributed by atoms with van der Waals surface area (Å²) in [6, 6.07) is 13.7. The summed E-state index contributed by atoms with van der Waals surface area (Å²) in [7, 11) is 0. The number of benzene rings is 2. The molecule has 4 nitrogen and oxygen atoms in total. The summed E-state index contributed by atoms with van der Waals surface area (Å²) in [5, 5.41) is 2.92. The van der Waals surface area contributed by atoms with E-state index >= 15 is 0 Å². The molecule has 0 radical (unpaired) electrons. The SMILES string of the molecule is CCCN(Cc1csc(COc2cc(C)cc(C)c2)n1)C(=O)c1cccc(Br)c1. The van der Waals surface area contributed by atoms with E-state index in [1.165, 1.54) is 11.1 Å². The maximum Gasteiger partial charge on any atom is 0.254 e. The summed E-state index contributed by atoms with van der Waals surface area (Å²) >= 11 is 5.00. The van der Waals surface area contributed by atoms with Gasteiger partial charge in [0.05, 0.1) is 12.2 Å². The Bertz CT molecular complexity index is 966. The predicted molar refractivity (Wildman–Crippen MR) is 122 cm³/mol. The predicted octanol–water partition coefficient (Wildman–Crippen LogP) is 6.15. The number of thiazole rings is 1. The van der Waals surface area contributed by atoms with Crippen LogP contribution in [0.1, 0.15) is 45.5 Å². The van der Waals surface area contributed by atoms with Gasteiger partial charge < -0.3 is 9.64 Å². The third-order valence-electron chi connectivity index (χ3n) is 4.36. The minimum Gasteiger partial charge on any atom is -0.486 e. The summed E-state index contributed by atoms with van der Waals surface area (Å²) in [5.41, 5.74) is 3.94. The van der Waals surface area contributed by atoms with Gasteiger partial charge in [0.1, 0.15) is 17.4 Å². The van der Waals surface area contributed by atoms with Gasteiger partial charge in [0.15, 0.2) is 0 Å². The summed E-state index contributed by atoms with van der Waals surface area (Å²) < 4.78 is 6.81. The Morgan fingerprint density at radius 2 is 1.93 bits per heavy atom. The molecule has 152 valence electrons. The average Bonchev–Trinajstić information content (AvgIpc) is 3.12. The number of carbonyl (C=O) groups is 1. The van der Waals surface area contributed by atoms with Gasteiger partial charge in [-0.15, -0.1) is 11.3 Å². The molecule has 29 heavy (non-hydrogen) atoms. The van der Waals surface area contributed by atoms with E-state index in [4.69, 9.17) is 4.74 Å². The van der Waals surface area contributed by atoms with Crippen LogP contribution in [0.3, 0.4) is 0 Å². The molecule has 1 aromatic heterocycles. The van der Waals surface area contributed by atoms with E-state index in [2.05, 4.69) is 47.8 Å². The summed E-state index contributed by atoms with van der Waals surface area (Å²) in [5.74, 6) is 0.880. The number of hydrogen-bond donors (Lipinski definition) is 0. The molecule has 1 amide bonds. The zero-order valence-electron chi connectivity index (χ0n) is 16.9. The molecule has 0 aliphatic heterocycles. The Morgan fingerprint density at radius 3 is 2.62 bits per heavy atom. The average molecular weight is 473 g/mol. The lowest BCUT2D eigenvalue weighted by atomic mass is 10.1. The summed E-state index contributed by atoms with van der Waals surface area (Å²) in [4.78, 5) is 19.5. The van der Waals surface area contributed by atoms with Gasteiger partial charge in [0.25, 0.3) is 5.91 Å². The van der Waals surface area contributed by atoms with Crippen LogP contribution in [-0.2, 0) is 13.2 Å². The molecule has 3 aromatic rings. The molecule has 3 rings (SSSR count). The third-order valence-corrected chi connectivity index (χ3v) is 5.73. The fraction of sp³-hybridized carbons (Fsp3) is 0.304. The first-order valence-electron chi connectivity index (χ1n) is 9.64. The molecule has 0 saturated carbocycles. The van der Waals surface area contributed by atoms with Crippen LogP contribution in [0, 0.1) is 13.8 Å². The molecule has 0 aliphatic rings. The highest BCUT2D eigenvalue weighted by Gasteiger charge is 2.17. The zero-order chi connectivity index (χ0) is 20.8. The van der Waals surface area contributed by atoms with Crippen LogP contribution in [-0.4, -0.2) is 22.3 Å². The van der Waals surface area contributed by atoms with Crippen molar-refractivity contribution in [2.45, 2.75) is 40.3 Å². The Labute approximate surface area is 184 Å². The monoisotopic (exact) mass is 472 g/mol. The van der Waals surface area contributed by atoms with Crippen molar-refractivity contribution in [2.24, 2.45) is 0 Å². The summed E-state index contributed by atoms with van der Waals surface area (Å²) in [6.07, 6.45) is 0.895. The molecule has 0 bridgehead atoms. The van der Waals surface area contributed by atoms with Crippen LogP contribution in [0.5, 0.6) is 5.75 Å². The van der Waals surface area contributed by atoms with Gasteiger partial charge in [-0.05, 0) is 61.7 Å². The fourth-order valence-electron chi connectivity index (χ4n) is 3.17. The molecule has 2 aromatic carbocycles. The highest BCUT2D eigenvalue weighted by Crippen LogP contribution is 2.20. The van der Waals surface area contributed by atoms with E-state index in [1.54, 1.807) is 11.3 Å². The zero-order valence-corrected chi connectivity index (χ0v) is 19.3. The van der Waals surface area contributed by atoms with Crippen LogP contribution in [0.2, 0.25) is 0 Å². The number of nitrogens with zero attached hydrogens (tertiary/aromatic N) is 2. The Kier molecular flexibility index (Phi) is 7.45. The van der Waals surface area contributed by atoms with E-state index in [0.717, 1.165) is 27.3 Å². The van der Waals surface area contributed by atoms with Gasteiger partial charge in [-0.1, -0.05) is 35.0 Å². The van der Waals surface area contributed by atoms with Crippen molar-refractivity contribution in [1.29, 1.82) is 0 Å². The van der Waals surface area contributed by atoms with Gasteiger partial charge in [0.2, 0.25) is 0 Å². The van der Waals surface area contributed by atoms with Crippen LogP contribution >= 0.6 is 27.3 Å². The lowest BCUT2D eigenvalue weighted by Gasteiger charge is -2.21. The fourth-order valence-corrected chi connectivity index (χ4v) is 4.27. The van der Waals surface area contributed by atoms with Crippen LogP contribution in [0.4, 0.5) is 0 Å². The van der Waals surface area contributed by atoms with E-state index in [1.807, 2.05) is 46.7 Å². The van der Waals surface area contributed by atoms with Crippen molar-refractivity contribution < 1.29 is 9.53 Å². The lowest BCUT2D eigenvalue weighted by molar-refractivity contribution is 0.0741. The standard InChI is InChI=1S/C23H25BrN2O2S/c1-4-8-26(23(27)18-6-5-7-19(24)12-18)13-20-15-29-22(25-20)14-28-21-10-16(2)9-17(3)11-21/h5-7,9-12,15H,4,8,13-14H2,1-3H3.